The van der Waals surface area contributed by atoms with Crippen LogP contribution in [0, 0.1) is 0 Å². The molecule has 1 fully saturated rings. The zero-order valence-electron chi connectivity index (χ0n) is 12.2. The quantitative estimate of drug-likeness (QED) is 0.885. The minimum Gasteiger partial charge on any atom is -0.494 e. The Morgan fingerprint density at radius 2 is 1.79 bits per heavy atom. The number of benzene rings is 1. The van der Waals surface area contributed by atoms with Crippen LogP contribution in [0.25, 0.3) is 0 Å². The number of rotatable bonds is 5. The lowest BCUT2D eigenvalue weighted by Gasteiger charge is -2.41. The van der Waals surface area contributed by atoms with Crippen molar-refractivity contribution in [1.29, 1.82) is 0 Å². The number of hydrogen-bond acceptors (Lipinski definition) is 3. The molecule has 1 aliphatic rings. The SMILES string of the molecule is CCOc1ccc(C2(CN)CCN(CC)CC2)cc1. The van der Waals surface area contributed by atoms with E-state index in [0.717, 1.165) is 44.8 Å². The lowest BCUT2D eigenvalue weighted by molar-refractivity contribution is 0.169. The molecule has 0 aliphatic carbocycles. The van der Waals surface area contributed by atoms with Crippen LogP contribution >= 0.6 is 0 Å². The first kappa shape index (κ1) is 14.4. The molecular formula is C16H26N2O. The Kier molecular flexibility index (Phi) is 4.83. The molecule has 3 nitrogen and oxygen atoms in total. The van der Waals surface area contributed by atoms with E-state index < -0.39 is 0 Å². The molecule has 1 heterocycles. The Labute approximate surface area is 116 Å². The molecule has 0 radical (unpaired) electrons. The Bertz CT molecular complexity index is 380. The first-order chi connectivity index (χ1) is 9.24. The highest BCUT2D eigenvalue weighted by Gasteiger charge is 2.34. The third-order valence-electron chi connectivity index (χ3n) is 4.43. The molecule has 2 rings (SSSR count). The van der Waals surface area contributed by atoms with Crippen molar-refractivity contribution in [2.24, 2.45) is 5.73 Å². The molecule has 3 heteroatoms. The molecule has 1 aliphatic heterocycles. The summed E-state index contributed by atoms with van der Waals surface area (Å²) in [4.78, 5) is 2.50. The number of nitrogens with two attached hydrogens (primary N) is 1. The number of ether oxygens (including phenoxy) is 1. The Hall–Kier alpha value is -1.06. The van der Waals surface area contributed by atoms with Gasteiger partial charge in [-0.05, 0) is 57.1 Å². The molecule has 0 amide bonds. The van der Waals surface area contributed by atoms with E-state index in [1.165, 1.54) is 5.56 Å². The van der Waals surface area contributed by atoms with Crippen molar-refractivity contribution < 1.29 is 4.74 Å². The van der Waals surface area contributed by atoms with E-state index in [1.807, 2.05) is 6.92 Å². The van der Waals surface area contributed by atoms with E-state index in [-0.39, 0.29) is 5.41 Å². The molecule has 1 aromatic carbocycles. The zero-order chi connectivity index (χ0) is 13.7. The van der Waals surface area contributed by atoms with E-state index in [4.69, 9.17) is 10.5 Å². The van der Waals surface area contributed by atoms with Crippen molar-refractivity contribution in [1.82, 2.24) is 4.90 Å². The second-order valence-corrected chi connectivity index (χ2v) is 5.38. The average molecular weight is 262 g/mol. The molecule has 1 aromatic rings. The van der Waals surface area contributed by atoms with Gasteiger partial charge in [-0.3, -0.25) is 0 Å². The molecule has 0 saturated carbocycles. The molecule has 19 heavy (non-hydrogen) atoms. The molecule has 0 spiro atoms. The van der Waals surface area contributed by atoms with Crippen LogP contribution in [0.15, 0.2) is 24.3 Å². The third kappa shape index (κ3) is 3.10. The normalized spacial score (nSPS) is 19.3. The van der Waals surface area contributed by atoms with Gasteiger partial charge in [0.1, 0.15) is 5.75 Å². The van der Waals surface area contributed by atoms with Crippen LogP contribution in [0.1, 0.15) is 32.3 Å². The highest BCUT2D eigenvalue weighted by atomic mass is 16.5. The van der Waals surface area contributed by atoms with Gasteiger partial charge >= 0.3 is 0 Å². The first-order valence-electron chi connectivity index (χ1n) is 7.40. The summed E-state index contributed by atoms with van der Waals surface area (Å²) >= 11 is 0. The predicted molar refractivity (Wildman–Crippen MR) is 79.7 cm³/mol. The van der Waals surface area contributed by atoms with Crippen LogP contribution in [0.4, 0.5) is 0 Å². The molecule has 0 bridgehead atoms. The second kappa shape index (κ2) is 6.40. The van der Waals surface area contributed by atoms with Gasteiger partial charge in [0.25, 0.3) is 0 Å². The molecule has 106 valence electrons. The summed E-state index contributed by atoms with van der Waals surface area (Å²) in [6.07, 6.45) is 2.32. The van der Waals surface area contributed by atoms with Crippen LogP contribution in [0.3, 0.4) is 0 Å². The number of piperidine rings is 1. The maximum absolute atomic E-state index is 6.10. The van der Waals surface area contributed by atoms with Gasteiger partial charge in [0.05, 0.1) is 6.61 Å². The fourth-order valence-electron chi connectivity index (χ4n) is 2.98. The standard InChI is InChI=1S/C16H26N2O/c1-3-18-11-9-16(13-17,10-12-18)14-5-7-15(8-6-14)19-4-2/h5-8H,3-4,9-13,17H2,1-2H3. The van der Waals surface area contributed by atoms with Crippen molar-refractivity contribution in [2.45, 2.75) is 32.1 Å². The predicted octanol–water partition coefficient (Wildman–Crippen LogP) is 2.40. The van der Waals surface area contributed by atoms with Gasteiger partial charge in [0, 0.05) is 12.0 Å². The maximum atomic E-state index is 6.10. The van der Waals surface area contributed by atoms with E-state index in [1.54, 1.807) is 0 Å². The van der Waals surface area contributed by atoms with Crippen molar-refractivity contribution in [3.63, 3.8) is 0 Å². The summed E-state index contributed by atoms with van der Waals surface area (Å²) in [5.41, 5.74) is 7.64. The minimum absolute atomic E-state index is 0.163. The van der Waals surface area contributed by atoms with Crippen molar-refractivity contribution >= 4 is 0 Å². The fraction of sp³-hybridized carbons (Fsp3) is 0.625. The van der Waals surface area contributed by atoms with Crippen LogP contribution < -0.4 is 10.5 Å². The van der Waals surface area contributed by atoms with Crippen LogP contribution in [0.2, 0.25) is 0 Å². The number of nitrogens with zero attached hydrogens (tertiary/aromatic N) is 1. The van der Waals surface area contributed by atoms with Gasteiger partial charge < -0.3 is 15.4 Å². The summed E-state index contributed by atoms with van der Waals surface area (Å²) in [5, 5.41) is 0. The topological polar surface area (TPSA) is 38.5 Å². The van der Waals surface area contributed by atoms with Gasteiger partial charge in [-0.15, -0.1) is 0 Å². The Morgan fingerprint density at radius 1 is 1.16 bits per heavy atom. The molecule has 2 N–H and O–H groups in total. The summed E-state index contributed by atoms with van der Waals surface area (Å²) in [7, 11) is 0. The Balaban J connectivity index is 2.13. The molecule has 0 aromatic heterocycles. The number of likely N-dealkylation sites (tertiary alicyclic amines) is 1. The monoisotopic (exact) mass is 262 g/mol. The summed E-state index contributed by atoms with van der Waals surface area (Å²) in [6, 6.07) is 8.53. The Morgan fingerprint density at radius 3 is 2.26 bits per heavy atom. The molecular weight excluding hydrogens is 236 g/mol. The highest BCUT2D eigenvalue weighted by Crippen LogP contribution is 2.35. The van der Waals surface area contributed by atoms with Gasteiger partial charge in [-0.1, -0.05) is 19.1 Å². The van der Waals surface area contributed by atoms with E-state index in [2.05, 4.69) is 36.1 Å². The molecule has 1 saturated heterocycles. The summed E-state index contributed by atoms with van der Waals surface area (Å²) in [5.74, 6) is 0.949. The van der Waals surface area contributed by atoms with Gasteiger partial charge in [-0.25, -0.2) is 0 Å². The lowest BCUT2D eigenvalue weighted by Crippen LogP contribution is -2.46. The minimum atomic E-state index is 0.163. The van der Waals surface area contributed by atoms with E-state index >= 15 is 0 Å². The van der Waals surface area contributed by atoms with Gasteiger partial charge in [-0.2, -0.15) is 0 Å². The average Bonchev–Trinajstić information content (AvgIpc) is 2.48. The van der Waals surface area contributed by atoms with Crippen LogP contribution in [-0.4, -0.2) is 37.7 Å². The molecule has 0 unspecified atom stereocenters. The van der Waals surface area contributed by atoms with Crippen molar-refractivity contribution in [3.05, 3.63) is 29.8 Å². The lowest BCUT2D eigenvalue weighted by atomic mass is 9.73. The highest BCUT2D eigenvalue weighted by molar-refractivity contribution is 5.33. The van der Waals surface area contributed by atoms with Crippen LogP contribution in [-0.2, 0) is 5.41 Å². The van der Waals surface area contributed by atoms with Gasteiger partial charge in [0.15, 0.2) is 0 Å². The second-order valence-electron chi connectivity index (χ2n) is 5.38. The largest absolute Gasteiger partial charge is 0.494 e. The number of hydrogen-bond donors (Lipinski definition) is 1. The van der Waals surface area contributed by atoms with Crippen LogP contribution in [0.5, 0.6) is 5.75 Å². The zero-order valence-corrected chi connectivity index (χ0v) is 12.2. The van der Waals surface area contributed by atoms with Gasteiger partial charge in [0.2, 0.25) is 0 Å². The summed E-state index contributed by atoms with van der Waals surface area (Å²) in [6.45, 7) is 9.14. The molecule has 0 atom stereocenters. The fourth-order valence-corrected chi connectivity index (χ4v) is 2.98. The third-order valence-corrected chi connectivity index (χ3v) is 4.43. The van der Waals surface area contributed by atoms with Crippen molar-refractivity contribution in [3.8, 4) is 5.75 Å². The smallest absolute Gasteiger partial charge is 0.119 e. The first-order valence-corrected chi connectivity index (χ1v) is 7.40. The van der Waals surface area contributed by atoms with Crippen molar-refractivity contribution in [2.75, 3.05) is 32.8 Å². The van der Waals surface area contributed by atoms with E-state index in [0.29, 0.717) is 6.61 Å². The van der Waals surface area contributed by atoms with E-state index in [9.17, 15) is 0 Å². The maximum Gasteiger partial charge on any atom is 0.119 e. The summed E-state index contributed by atoms with van der Waals surface area (Å²) < 4.78 is 5.51.